The normalized spacial score (nSPS) is 20.4. The summed E-state index contributed by atoms with van der Waals surface area (Å²) in [5.41, 5.74) is -0.378. The molecule has 0 N–H and O–H groups in total. The van der Waals surface area contributed by atoms with E-state index < -0.39 is 0 Å². The smallest absolute Gasteiger partial charge is 0.157 e. The Morgan fingerprint density at radius 2 is 2.15 bits per heavy atom. The molecule has 1 fully saturated rings. The van der Waals surface area contributed by atoms with Gasteiger partial charge in [0.15, 0.2) is 5.78 Å². The van der Waals surface area contributed by atoms with Gasteiger partial charge in [0.05, 0.1) is 6.20 Å². The molecular formula is C9H13N3O. The van der Waals surface area contributed by atoms with E-state index in [0.717, 1.165) is 25.7 Å². The number of carbonyl (C=O) groups is 1. The molecule has 1 saturated carbocycles. The van der Waals surface area contributed by atoms with Crippen LogP contribution in [0.25, 0.3) is 0 Å². The summed E-state index contributed by atoms with van der Waals surface area (Å²) < 4.78 is 1.72. The molecule has 1 aliphatic rings. The van der Waals surface area contributed by atoms with Crippen molar-refractivity contribution in [1.82, 2.24) is 15.0 Å². The second-order valence-corrected chi connectivity index (χ2v) is 3.64. The van der Waals surface area contributed by atoms with Crippen molar-refractivity contribution in [3.8, 4) is 0 Å². The summed E-state index contributed by atoms with van der Waals surface area (Å²) in [5.74, 6) is 0.204. The molecule has 0 bridgehead atoms. The Balaban J connectivity index is 2.39. The van der Waals surface area contributed by atoms with Crippen molar-refractivity contribution in [1.29, 1.82) is 0 Å². The fraction of sp³-hybridized carbons (Fsp3) is 0.667. The molecule has 1 aliphatic carbocycles. The molecule has 0 unspecified atom stereocenters. The van der Waals surface area contributed by atoms with Crippen LogP contribution in [0, 0.1) is 0 Å². The molecule has 0 spiro atoms. The molecule has 1 aromatic rings. The highest BCUT2D eigenvalue weighted by atomic mass is 16.1. The van der Waals surface area contributed by atoms with Gasteiger partial charge in [0, 0.05) is 6.20 Å². The lowest BCUT2D eigenvalue weighted by Gasteiger charge is -2.25. The molecule has 0 aromatic carbocycles. The zero-order valence-electron chi connectivity index (χ0n) is 7.73. The van der Waals surface area contributed by atoms with E-state index in [9.17, 15) is 4.79 Å². The number of ketones is 1. The molecular weight excluding hydrogens is 166 g/mol. The average Bonchev–Trinajstić information content (AvgIpc) is 2.75. The van der Waals surface area contributed by atoms with Crippen LogP contribution in [0.15, 0.2) is 12.4 Å². The third kappa shape index (κ3) is 1.17. The van der Waals surface area contributed by atoms with E-state index in [1.807, 2.05) is 0 Å². The van der Waals surface area contributed by atoms with Crippen LogP contribution in [-0.4, -0.2) is 20.8 Å². The van der Waals surface area contributed by atoms with Crippen LogP contribution in [0.1, 0.15) is 32.6 Å². The highest BCUT2D eigenvalue weighted by Crippen LogP contribution is 2.36. The van der Waals surface area contributed by atoms with Crippen LogP contribution in [0.3, 0.4) is 0 Å². The van der Waals surface area contributed by atoms with Crippen molar-refractivity contribution in [3.05, 3.63) is 12.4 Å². The van der Waals surface area contributed by atoms with Gasteiger partial charge in [-0.25, -0.2) is 4.68 Å². The molecule has 13 heavy (non-hydrogen) atoms. The van der Waals surface area contributed by atoms with Crippen molar-refractivity contribution < 1.29 is 4.79 Å². The molecule has 4 nitrogen and oxygen atoms in total. The Hall–Kier alpha value is -1.19. The standard InChI is InChI=1S/C9H13N3O/c1-8(13)9(4-2-3-5-9)12-7-6-10-11-12/h6-7H,2-5H2,1H3. The van der Waals surface area contributed by atoms with E-state index >= 15 is 0 Å². The summed E-state index contributed by atoms with van der Waals surface area (Å²) in [5, 5.41) is 7.69. The minimum absolute atomic E-state index is 0.204. The summed E-state index contributed by atoms with van der Waals surface area (Å²) in [4.78, 5) is 11.6. The lowest BCUT2D eigenvalue weighted by molar-refractivity contribution is -0.125. The predicted molar refractivity (Wildman–Crippen MR) is 47.1 cm³/mol. The monoisotopic (exact) mass is 179 g/mol. The lowest BCUT2D eigenvalue weighted by Crippen LogP contribution is -2.38. The first-order valence-corrected chi connectivity index (χ1v) is 4.63. The van der Waals surface area contributed by atoms with Crippen molar-refractivity contribution in [2.45, 2.75) is 38.1 Å². The highest BCUT2D eigenvalue weighted by Gasteiger charge is 2.40. The number of rotatable bonds is 2. The van der Waals surface area contributed by atoms with Gasteiger partial charge < -0.3 is 0 Å². The fourth-order valence-corrected chi connectivity index (χ4v) is 2.14. The third-order valence-electron chi connectivity index (χ3n) is 2.95. The van der Waals surface area contributed by atoms with E-state index in [1.165, 1.54) is 0 Å². The van der Waals surface area contributed by atoms with Crippen molar-refractivity contribution in [2.24, 2.45) is 0 Å². The molecule has 0 amide bonds. The first-order chi connectivity index (χ1) is 6.26. The van der Waals surface area contributed by atoms with Crippen molar-refractivity contribution in [2.75, 3.05) is 0 Å². The minimum atomic E-state index is -0.378. The summed E-state index contributed by atoms with van der Waals surface area (Å²) in [6.07, 6.45) is 7.45. The predicted octanol–water partition coefficient (Wildman–Crippen LogP) is 1.14. The quantitative estimate of drug-likeness (QED) is 0.684. The van der Waals surface area contributed by atoms with Crippen LogP contribution in [0.4, 0.5) is 0 Å². The van der Waals surface area contributed by atoms with E-state index in [2.05, 4.69) is 10.3 Å². The maximum atomic E-state index is 11.6. The molecule has 0 radical (unpaired) electrons. The maximum absolute atomic E-state index is 11.6. The van der Waals surface area contributed by atoms with Gasteiger partial charge in [0.25, 0.3) is 0 Å². The number of Topliss-reactive ketones (excluding diaryl/α,β-unsaturated/α-hetero) is 1. The summed E-state index contributed by atoms with van der Waals surface area (Å²) >= 11 is 0. The van der Waals surface area contributed by atoms with Gasteiger partial charge in [-0.05, 0) is 19.8 Å². The van der Waals surface area contributed by atoms with Gasteiger partial charge in [-0.1, -0.05) is 18.1 Å². The van der Waals surface area contributed by atoms with Gasteiger partial charge in [-0.3, -0.25) is 4.79 Å². The van der Waals surface area contributed by atoms with Gasteiger partial charge in [-0.2, -0.15) is 0 Å². The maximum Gasteiger partial charge on any atom is 0.157 e. The fourth-order valence-electron chi connectivity index (χ4n) is 2.14. The Morgan fingerprint density at radius 3 is 2.62 bits per heavy atom. The van der Waals surface area contributed by atoms with Crippen LogP contribution in [-0.2, 0) is 10.3 Å². The number of aromatic nitrogens is 3. The summed E-state index contributed by atoms with van der Waals surface area (Å²) in [7, 11) is 0. The SMILES string of the molecule is CC(=O)C1(n2ccnn2)CCCC1. The largest absolute Gasteiger partial charge is 0.297 e. The molecule has 1 aromatic heterocycles. The topological polar surface area (TPSA) is 47.8 Å². The number of hydrogen-bond acceptors (Lipinski definition) is 3. The van der Waals surface area contributed by atoms with Crippen LogP contribution >= 0.6 is 0 Å². The van der Waals surface area contributed by atoms with Crippen molar-refractivity contribution in [3.63, 3.8) is 0 Å². The van der Waals surface area contributed by atoms with E-state index in [4.69, 9.17) is 0 Å². The lowest BCUT2D eigenvalue weighted by atomic mass is 9.93. The molecule has 2 rings (SSSR count). The van der Waals surface area contributed by atoms with Gasteiger partial charge in [-0.15, -0.1) is 5.10 Å². The zero-order valence-corrected chi connectivity index (χ0v) is 7.73. The average molecular weight is 179 g/mol. The third-order valence-corrected chi connectivity index (χ3v) is 2.95. The molecule has 70 valence electrons. The Morgan fingerprint density at radius 1 is 1.46 bits per heavy atom. The summed E-state index contributed by atoms with van der Waals surface area (Å²) in [6, 6.07) is 0. The van der Waals surface area contributed by atoms with E-state index in [1.54, 1.807) is 24.0 Å². The molecule has 0 saturated heterocycles. The molecule has 0 atom stereocenters. The van der Waals surface area contributed by atoms with Gasteiger partial charge in [0.2, 0.25) is 0 Å². The van der Waals surface area contributed by atoms with Gasteiger partial charge in [0.1, 0.15) is 5.54 Å². The second kappa shape index (κ2) is 2.94. The van der Waals surface area contributed by atoms with E-state index in [-0.39, 0.29) is 11.3 Å². The van der Waals surface area contributed by atoms with Crippen LogP contribution in [0.2, 0.25) is 0 Å². The Labute approximate surface area is 76.9 Å². The number of nitrogens with zero attached hydrogens (tertiary/aromatic N) is 3. The number of carbonyl (C=O) groups excluding carboxylic acids is 1. The zero-order chi connectivity index (χ0) is 9.31. The molecule has 4 heteroatoms. The molecule has 1 heterocycles. The van der Waals surface area contributed by atoms with Gasteiger partial charge >= 0.3 is 0 Å². The Bertz CT molecular complexity index is 299. The minimum Gasteiger partial charge on any atom is -0.297 e. The van der Waals surface area contributed by atoms with E-state index in [0.29, 0.717) is 0 Å². The second-order valence-electron chi connectivity index (χ2n) is 3.64. The molecule has 0 aliphatic heterocycles. The van der Waals surface area contributed by atoms with Crippen molar-refractivity contribution >= 4 is 5.78 Å². The van der Waals surface area contributed by atoms with Crippen LogP contribution < -0.4 is 0 Å². The first kappa shape index (κ1) is 8.41. The summed E-state index contributed by atoms with van der Waals surface area (Å²) in [6.45, 7) is 1.65. The highest BCUT2D eigenvalue weighted by molar-refractivity contribution is 5.84. The number of hydrogen-bond donors (Lipinski definition) is 0. The first-order valence-electron chi connectivity index (χ1n) is 4.63. The Kier molecular flexibility index (Phi) is 1.90. The van der Waals surface area contributed by atoms with Crippen LogP contribution in [0.5, 0.6) is 0 Å².